The molecule has 1 unspecified atom stereocenters. The van der Waals surface area contributed by atoms with Crippen LogP contribution in [0.3, 0.4) is 0 Å². The van der Waals surface area contributed by atoms with E-state index in [-0.39, 0.29) is 22.4 Å². The molecule has 1 heterocycles. The maximum Gasteiger partial charge on any atom is 0.338 e. The number of halogens is 1. The van der Waals surface area contributed by atoms with Gasteiger partial charge in [0.25, 0.3) is 0 Å². The van der Waals surface area contributed by atoms with Crippen LogP contribution in [0.5, 0.6) is 0 Å². The SMILES string of the molecule is CC(c1nc2c(C(=O)O)cc(F)cc2[nH]1)S(C)(=O)=O. The van der Waals surface area contributed by atoms with Gasteiger partial charge in [0.05, 0.1) is 11.1 Å². The average molecular weight is 286 g/mol. The van der Waals surface area contributed by atoms with Crippen LogP contribution in [0, 0.1) is 5.82 Å². The Hall–Kier alpha value is -1.96. The van der Waals surface area contributed by atoms with Crippen LogP contribution in [0.1, 0.15) is 28.4 Å². The van der Waals surface area contributed by atoms with Crippen molar-refractivity contribution < 1.29 is 22.7 Å². The zero-order chi connectivity index (χ0) is 14.4. The van der Waals surface area contributed by atoms with Crippen molar-refractivity contribution >= 4 is 26.8 Å². The Labute approximate surface area is 108 Å². The molecule has 2 rings (SSSR count). The van der Waals surface area contributed by atoms with E-state index in [0.717, 1.165) is 18.4 Å². The number of hydrogen-bond donors (Lipinski definition) is 2. The summed E-state index contributed by atoms with van der Waals surface area (Å²) in [6.07, 6.45) is 1.05. The number of carbonyl (C=O) groups is 1. The first kappa shape index (κ1) is 13.5. The highest BCUT2D eigenvalue weighted by molar-refractivity contribution is 7.90. The summed E-state index contributed by atoms with van der Waals surface area (Å²) in [5.41, 5.74) is -0.111. The minimum atomic E-state index is -3.38. The second-order valence-electron chi connectivity index (χ2n) is 4.25. The van der Waals surface area contributed by atoms with Crippen LogP contribution < -0.4 is 0 Å². The molecule has 0 radical (unpaired) electrons. The molecule has 0 aliphatic carbocycles. The zero-order valence-electron chi connectivity index (χ0n) is 10.1. The maximum absolute atomic E-state index is 13.3. The molecular formula is C11H11FN2O4S. The second-order valence-corrected chi connectivity index (χ2v) is 6.61. The summed E-state index contributed by atoms with van der Waals surface area (Å²) < 4.78 is 36.2. The van der Waals surface area contributed by atoms with Gasteiger partial charge < -0.3 is 10.1 Å². The molecule has 1 atom stereocenters. The largest absolute Gasteiger partial charge is 0.478 e. The quantitative estimate of drug-likeness (QED) is 0.890. The standard InChI is InChI=1S/C11H11FN2O4S/c1-5(19(2,17)18)10-13-8-4-6(12)3-7(11(15)16)9(8)14-10/h3-5H,1-2H3,(H,13,14)(H,15,16). The first-order chi connectivity index (χ1) is 8.70. The van der Waals surface area contributed by atoms with E-state index in [1.165, 1.54) is 6.92 Å². The number of H-pyrrole nitrogens is 1. The molecule has 1 aromatic heterocycles. The van der Waals surface area contributed by atoms with E-state index >= 15 is 0 Å². The van der Waals surface area contributed by atoms with Gasteiger partial charge in [0.15, 0.2) is 9.84 Å². The molecule has 6 nitrogen and oxygen atoms in total. The van der Waals surface area contributed by atoms with E-state index in [0.29, 0.717) is 0 Å². The van der Waals surface area contributed by atoms with Crippen molar-refractivity contribution in [3.63, 3.8) is 0 Å². The van der Waals surface area contributed by atoms with Crippen LogP contribution in [0.2, 0.25) is 0 Å². The Bertz CT molecular complexity index is 766. The number of carboxylic acids is 1. The Morgan fingerprint density at radius 2 is 2.11 bits per heavy atom. The maximum atomic E-state index is 13.3. The second kappa shape index (κ2) is 4.30. The number of aromatic carboxylic acids is 1. The van der Waals surface area contributed by atoms with Crippen LogP contribution >= 0.6 is 0 Å². The summed E-state index contributed by atoms with van der Waals surface area (Å²) in [5.74, 6) is -1.97. The molecule has 0 bridgehead atoms. The lowest BCUT2D eigenvalue weighted by Gasteiger charge is -2.04. The van der Waals surface area contributed by atoms with Gasteiger partial charge in [-0.25, -0.2) is 22.6 Å². The molecule has 2 N–H and O–H groups in total. The van der Waals surface area contributed by atoms with Crippen molar-refractivity contribution in [3.8, 4) is 0 Å². The number of sulfone groups is 1. The normalized spacial score (nSPS) is 13.6. The van der Waals surface area contributed by atoms with Crippen LogP contribution in [0.4, 0.5) is 4.39 Å². The van der Waals surface area contributed by atoms with Crippen LogP contribution in [-0.4, -0.2) is 35.7 Å². The van der Waals surface area contributed by atoms with Gasteiger partial charge in [0.1, 0.15) is 22.4 Å². The molecule has 0 saturated carbocycles. The summed E-state index contributed by atoms with van der Waals surface area (Å²) in [7, 11) is -3.38. The van der Waals surface area contributed by atoms with Gasteiger partial charge in [-0.1, -0.05) is 0 Å². The number of aromatic amines is 1. The molecular weight excluding hydrogens is 275 g/mol. The van der Waals surface area contributed by atoms with Crippen molar-refractivity contribution in [2.75, 3.05) is 6.26 Å². The smallest absolute Gasteiger partial charge is 0.338 e. The number of imidazole rings is 1. The van der Waals surface area contributed by atoms with E-state index < -0.39 is 26.9 Å². The fourth-order valence-electron chi connectivity index (χ4n) is 1.66. The average Bonchev–Trinajstić information content (AvgIpc) is 2.68. The number of hydrogen-bond acceptors (Lipinski definition) is 4. The van der Waals surface area contributed by atoms with Crippen molar-refractivity contribution in [1.82, 2.24) is 9.97 Å². The highest BCUT2D eigenvalue weighted by Crippen LogP contribution is 2.24. The van der Waals surface area contributed by atoms with Crippen molar-refractivity contribution in [2.45, 2.75) is 12.2 Å². The Kier molecular flexibility index (Phi) is 3.05. The molecule has 19 heavy (non-hydrogen) atoms. The summed E-state index contributed by atoms with van der Waals surface area (Å²) >= 11 is 0. The van der Waals surface area contributed by atoms with Gasteiger partial charge in [-0.3, -0.25) is 0 Å². The van der Waals surface area contributed by atoms with Gasteiger partial charge >= 0.3 is 5.97 Å². The highest BCUT2D eigenvalue weighted by atomic mass is 32.2. The number of nitrogens with one attached hydrogen (secondary N) is 1. The Balaban J connectivity index is 2.70. The molecule has 102 valence electrons. The lowest BCUT2D eigenvalue weighted by Crippen LogP contribution is -2.09. The molecule has 0 aliphatic heterocycles. The molecule has 0 fully saturated rings. The number of carboxylic acid groups (broad SMARTS) is 1. The molecule has 0 saturated heterocycles. The third-order valence-electron chi connectivity index (χ3n) is 2.83. The fraction of sp³-hybridized carbons (Fsp3) is 0.273. The molecule has 1 aromatic carbocycles. The minimum Gasteiger partial charge on any atom is -0.478 e. The molecule has 8 heteroatoms. The summed E-state index contributed by atoms with van der Waals surface area (Å²) in [5, 5.41) is 8.05. The van der Waals surface area contributed by atoms with Gasteiger partial charge in [0, 0.05) is 6.26 Å². The topological polar surface area (TPSA) is 100 Å². The zero-order valence-corrected chi connectivity index (χ0v) is 11.0. The number of rotatable bonds is 3. The Morgan fingerprint density at radius 1 is 1.47 bits per heavy atom. The lowest BCUT2D eigenvalue weighted by atomic mass is 10.2. The van der Waals surface area contributed by atoms with Crippen LogP contribution in [0.15, 0.2) is 12.1 Å². The van der Waals surface area contributed by atoms with Crippen LogP contribution in [-0.2, 0) is 9.84 Å². The van der Waals surface area contributed by atoms with Crippen molar-refractivity contribution in [2.24, 2.45) is 0 Å². The monoisotopic (exact) mass is 286 g/mol. The summed E-state index contributed by atoms with van der Waals surface area (Å²) in [4.78, 5) is 17.6. The lowest BCUT2D eigenvalue weighted by molar-refractivity contribution is 0.0698. The van der Waals surface area contributed by atoms with Crippen molar-refractivity contribution in [3.05, 3.63) is 29.3 Å². The third-order valence-corrected chi connectivity index (χ3v) is 4.34. The summed E-state index contributed by atoms with van der Waals surface area (Å²) in [6.45, 7) is 1.42. The Morgan fingerprint density at radius 3 is 2.63 bits per heavy atom. The van der Waals surface area contributed by atoms with Crippen molar-refractivity contribution in [1.29, 1.82) is 0 Å². The van der Waals surface area contributed by atoms with Gasteiger partial charge in [0.2, 0.25) is 0 Å². The van der Waals surface area contributed by atoms with Gasteiger partial charge in [-0.05, 0) is 19.1 Å². The minimum absolute atomic E-state index is 0.0411. The van der Waals surface area contributed by atoms with E-state index in [1.54, 1.807) is 0 Å². The molecule has 0 spiro atoms. The first-order valence-corrected chi connectivity index (χ1v) is 7.27. The van der Waals surface area contributed by atoms with E-state index in [1.807, 2.05) is 0 Å². The van der Waals surface area contributed by atoms with E-state index in [9.17, 15) is 17.6 Å². The number of benzene rings is 1. The number of fused-ring (bicyclic) bond motifs is 1. The van der Waals surface area contributed by atoms with Gasteiger partial charge in [-0.15, -0.1) is 0 Å². The highest BCUT2D eigenvalue weighted by Gasteiger charge is 2.23. The molecule has 2 aromatic rings. The van der Waals surface area contributed by atoms with Crippen LogP contribution in [0.25, 0.3) is 11.0 Å². The number of aromatic nitrogens is 2. The van der Waals surface area contributed by atoms with E-state index in [4.69, 9.17) is 5.11 Å². The predicted molar refractivity (Wildman–Crippen MR) is 66.3 cm³/mol. The fourth-order valence-corrected chi connectivity index (χ4v) is 2.18. The van der Waals surface area contributed by atoms with E-state index in [2.05, 4.69) is 9.97 Å². The van der Waals surface area contributed by atoms with Gasteiger partial charge in [-0.2, -0.15) is 0 Å². The first-order valence-electron chi connectivity index (χ1n) is 5.31. The molecule has 0 aliphatic rings. The third kappa shape index (κ3) is 2.43. The summed E-state index contributed by atoms with van der Waals surface area (Å²) in [6, 6.07) is 1.92. The predicted octanol–water partition coefficient (Wildman–Crippen LogP) is 1.51. The molecule has 0 amide bonds. The number of nitrogens with zero attached hydrogens (tertiary/aromatic N) is 1.